The van der Waals surface area contributed by atoms with Crippen molar-refractivity contribution in [2.45, 2.75) is 24.3 Å². The van der Waals surface area contributed by atoms with Crippen LogP contribution in [-0.4, -0.2) is 32.0 Å². The van der Waals surface area contributed by atoms with Crippen LogP contribution in [0.5, 0.6) is 0 Å². The van der Waals surface area contributed by atoms with E-state index in [0.29, 0.717) is 0 Å². The lowest BCUT2D eigenvalue weighted by atomic mass is 10.0. The molecule has 122 valence electrons. The number of benzene rings is 2. The van der Waals surface area contributed by atoms with Crippen LogP contribution in [-0.2, 0) is 21.2 Å². The Balaban J connectivity index is 2.23. The Hall–Kier alpha value is -2.02. The summed E-state index contributed by atoms with van der Waals surface area (Å²) in [6.45, 7) is 1.14. The predicted octanol–water partition coefficient (Wildman–Crippen LogP) is 1.45. The highest BCUT2D eigenvalue weighted by molar-refractivity contribution is 7.89. The van der Waals surface area contributed by atoms with Crippen molar-refractivity contribution in [3.63, 3.8) is 0 Å². The maximum Gasteiger partial charge on any atom is 0.241 e. The molecule has 0 fully saturated rings. The van der Waals surface area contributed by atoms with E-state index in [1.165, 1.54) is 12.1 Å². The summed E-state index contributed by atoms with van der Waals surface area (Å²) in [7, 11) is -3.83. The van der Waals surface area contributed by atoms with E-state index in [1.54, 1.807) is 24.3 Å². The van der Waals surface area contributed by atoms with Gasteiger partial charge >= 0.3 is 0 Å². The van der Waals surface area contributed by atoms with Crippen molar-refractivity contribution < 1.29 is 18.3 Å². The van der Waals surface area contributed by atoms with Gasteiger partial charge in [-0.25, -0.2) is 13.1 Å². The summed E-state index contributed by atoms with van der Waals surface area (Å²) in [4.78, 5) is 12.0. The number of aryl methyl sites for hydroxylation is 1. The van der Waals surface area contributed by atoms with Crippen molar-refractivity contribution in [3.05, 3.63) is 65.7 Å². The molecule has 6 heteroatoms. The molecule has 0 saturated heterocycles. The lowest BCUT2D eigenvalue weighted by molar-refractivity contribution is -0.123. The first kappa shape index (κ1) is 17.3. The van der Waals surface area contributed by atoms with E-state index in [0.717, 1.165) is 11.1 Å². The van der Waals surface area contributed by atoms with Crippen LogP contribution >= 0.6 is 0 Å². The van der Waals surface area contributed by atoms with Crippen LogP contribution in [0.2, 0.25) is 0 Å². The Kier molecular flexibility index (Phi) is 5.65. The molecule has 2 rings (SSSR count). The highest BCUT2D eigenvalue weighted by Crippen LogP contribution is 2.12. The van der Waals surface area contributed by atoms with Crippen molar-refractivity contribution in [2.24, 2.45) is 0 Å². The van der Waals surface area contributed by atoms with Crippen LogP contribution in [0.4, 0.5) is 0 Å². The molecule has 0 aliphatic heterocycles. The first-order valence-corrected chi connectivity index (χ1v) is 8.67. The zero-order valence-electron chi connectivity index (χ0n) is 12.8. The number of carbonyl (C=O) groups excluding carboxylic acids is 1. The highest BCUT2D eigenvalue weighted by Gasteiger charge is 2.25. The summed E-state index contributed by atoms with van der Waals surface area (Å²) < 4.78 is 27.2. The van der Waals surface area contributed by atoms with Gasteiger partial charge in [0.05, 0.1) is 10.9 Å². The fraction of sp³-hybridized carbons (Fsp3) is 0.235. The van der Waals surface area contributed by atoms with Gasteiger partial charge in [-0.2, -0.15) is 0 Å². The summed E-state index contributed by atoms with van der Waals surface area (Å²) in [5.74, 6) is -0.565. The number of aliphatic hydroxyl groups excluding tert-OH is 1. The van der Waals surface area contributed by atoms with E-state index in [2.05, 4.69) is 4.72 Å². The van der Waals surface area contributed by atoms with Gasteiger partial charge in [-0.1, -0.05) is 48.0 Å². The molecule has 1 atom stereocenters. The van der Waals surface area contributed by atoms with E-state index in [1.807, 2.05) is 25.1 Å². The van der Waals surface area contributed by atoms with Crippen molar-refractivity contribution >= 4 is 15.8 Å². The molecular formula is C17H19NO4S. The van der Waals surface area contributed by atoms with E-state index in [9.17, 15) is 13.2 Å². The number of Topliss-reactive ketones (excluding diaryl/α,β-unsaturated/α-hetero) is 1. The standard InChI is InChI=1S/C17H19NO4S/c1-13-7-9-15(10-8-13)23(21,22)18-16(17(20)12-19)11-14-5-3-2-4-6-14/h2-10,16,18-19H,11-12H2,1H3/t16-/m0/s1. The quantitative estimate of drug-likeness (QED) is 0.803. The maximum absolute atomic E-state index is 12.4. The van der Waals surface area contributed by atoms with Gasteiger partial charge < -0.3 is 5.11 Å². The van der Waals surface area contributed by atoms with Gasteiger partial charge in [0.2, 0.25) is 10.0 Å². The summed E-state index contributed by atoms with van der Waals surface area (Å²) in [6.07, 6.45) is 0.186. The average molecular weight is 333 g/mol. The van der Waals surface area contributed by atoms with E-state index in [-0.39, 0.29) is 11.3 Å². The fourth-order valence-corrected chi connectivity index (χ4v) is 3.37. The van der Waals surface area contributed by atoms with E-state index < -0.39 is 28.5 Å². The Morgan fingerprint density at radius 1 is 1.09 bits per heavy atom. The number of nitrogens with one attached hydrogen (secondary N) is 1. The zero-order chi connectivity index (χ0) is 16.9. The number of hydrogen-bond donors (Lipinski definition) is 2. The molecule has 0 aliphatic rings. The van der Waals surface area contributed by atoms with Crippen LogP contribution < -0.4 is 4.72 Å². The molecule has 0 aliphatic carbocycles. The van der Waals surface area contributed by atoms with Gasteiger partial charge in [0.1, 0.15) is 6.61 Å². The molecule has 0 spiro atoms. The number of sulfonamides is 1. The normalized spacial score (nSPS) is 12.8. The number of rotatable bonds is 7. The molecule has 2 N–H and O–H groups in total. The third-order valence-corrected chi connectivity index (χ3v) is 4.94. The Morgan fingerprint density at radius 3 is 2.26 bits per heavy atom. The minimum atomic E-state index is -3.83. The minimum Gasteiger partial charge on any atom is -0.389 e. The van der Waals surface area contributed by atoms with Crippen molar-refractivity contribution in [1.29, 1.82) is 0 Å². The van der Waals surface area contributed by atoms with Crippen molar-refractivity contribution in [3.8, 4) is 0 Å². The van der Waals surface area contributed by atoms with Crippen molar-refractivity contribution in [1.82, 2.24) is 4.72 Å². The molecule has 5 nitrogen and oxygen atoms in total. The highest BCUT2D eigenvalue weighted by atomic mass is 32.2. The molecule has 0 unspecified atom stereocenters. The molecule has 23 heavy (non-hydrogen) atoms. The molecule has 0 saturated carbocycles. The Labute approximate surface area is 136 Å². The average Bonchev–Trinajstić information content (AvgIpc) is 2.54. The molecule has 2 aromatic rings. The second kappa shape index (κ2) is 7.50. The number of aliphatic hydroxyl groups is 1. The first-order chi connectivity index (χ1) is 10.9. The third kappa shape index (κ3) is 4.72. The molecular weight excluding hydrogens is 314 g/mol. The van der Waals surface area contributed by atoms with E-state index in [4.69, 9.17) is 5.11 Å². The lowest BCUT2D eigenvalue weighted by Gasteiger charge is -2.17. The number of ketones is 1. The Morgan fingerprint density at radius 2 is 1.70 bits per heavy atom. The maximum atomic E-state index is 12.4. The largest absolute Gasteiger partial charge is 0.389 e. The van der Waals surface area contributed by atoms with Crippen LogP contribution in [0.3, 0.4) is 0 Å². The van der Waals surface area contributed by atoms with Crippen molar-refractivity contribution in [2.75, 3.05) is 6.61 Å². The van der Waals surface area contributed by atoms with Gasteiger partial charge in [-0.3, -0.25) is 4.79 Å². The van der Waals surface area contributed by atoms with Crippen LogP contribution in [0.25, 0.3) is 0 Å². The molecule has 0 bridgehead atoms. The first-order valence-electron chi connectivity index (χ1n) is 7.19. The second-order valence-corrected chi connectivity index (χ2v) is 7.02. The van der Waals surface area contributed by atoms with Crippen LogP contribution in [0.1, 0.15) is 11.1 Å². The summed E-state index contributed by atoms with van der Waals surface area (Å²) in [5, 5.41) is 9.10. The minimum absolute atomic E-state index is 0.0897. The number of hydrogen-bond acceptors (Lipinski definition) is 4. The molecule has 2 aromatic carbocycles. The van der Waals surface area contributed by atoms with Gasteiger partial charge in [0.25, 0.3) is 0 Å². The third-order valence-electron chi connectivity index (χ3n) is 3.46. The lowest BCUT2D eigenvalue weighted by Crippen LogP contribution is -2.43. The zero-order valence-corrected chi connectivity index (χ0v) is 13.6. The van der Waals surface area contributed by atoms with Gasteiger partial charge in [0, 0.05) is 0 Å². The molecule has 0 amide bonds. The molecule has 0 aromatic heterocycles. The molecule has 0 radical (unpaired) electrons. The summed E-state index contributed by atoms with van der Waals surface area (Å²) in [5.41, 5.74) is 1.75. The Bertz CT molecular complexity index is 755. The summed E-state index contributed by atoms with van der Waals surface area (Å²) >= 11 is 0. The number of carbonyl (C=O) groups is 1. The van der Waals surface area contributed by atoms with Crippen LogP contribution in [0, 0.1) is 6.92 Å². The second-order valence-electron chi connectivity index (χ2n) is 5.30. The fourth-order valence-electron chi connectivity index (χ4n) is 2.15. The summed E-state index contributed by atoms with van der Waals surface area (Å²) in [6, 6.07) is 14.4. The topological polar surface area (TPSA) is 83.5 Å². The molecule has 0 heterocycles. The monoisotopic (exact) mass is 333 g/mol. The van der Waals surface area contributed by atoms with Gasteiger partial charge in [-0.05, 0) is 31.0 Å². The van der Waals surface area contributed by atoms with Crippen LogP contribution in [0.15, 0.2) is 59.5 Å². The smallest absolute Gasteiger partial charge is 0.241 e. The van der Waals surface area contributed by atoms with Gasteiger partial charge in [-0.15, -0.1) is 0 Å². The predicted molar refractivity (Wildman–Crippen MR) is 87.5 cm³/mol. The van der Waals surface area contributed by atoms with Gasteiger partial charge in [0.15, 0.2) is 5.78 Å². The SMILES string of the molecule is Cc1ccc(S(=O)(=O)N[C@@H](Cc2ccccc2)C(=O)CO)cc1. The van der Waals surface area contributed by atoms with E-state index >= 15 is 0 Å².